The van der Waals surface area contributed by atoms with Crippen LogP contribution in [0.3, 0.4) is 0 Å². The summed E-state index contributed by atoms with van der Waals surface area (Å²) in [4.78, 5) is 16.2. The van der Waals surface area contributed by atoms with Gasteiger partial charge in [-0.05, 0) is 44.2 Å². The van der Waals surface area contributed by atoms with Crippen molar-refractivity contribution in [2.75, 3.05) is 0 Å². The maximum atomic E-state index is 12.0. The first-order valence-electron chi connectivity index (χ1n) is 6.60. The van der Waals surface area contributed by atoms with E-state index in [2.05, 4.69) is 10.3 Å². The lowest BCUT2D eigenvalue weighted by atomic mass is 9.86. The Labute approximate surface area is 108 Å². The molecule has 1 saturated carbocycles. The number of amides is 1. The number of pyridine rings is 1. The SMILES string of the molecule is Cc1ccc(CNC(=O)C2CCC(N)CC2)cn1. The van der Waals surface area contributed by atoms with Crippen LogP contribution in [0.15, 0.2) is 18.3 Å². The molecule has 0 aliphatic heterocycles. The van der Waals surface area contributed by atoms with Crippen LogP contribution in [-0.2, 0) is 11.3 Å². The van der Waals surface area contributed by atoms with Gasteiger partial charge in [-0.15, -0.1) is 0 Å². The summed E-state index contributed by atoms with van der Waals surface area (Å²) >= 11 is 0. The topological polar surface area (TPSA) is 68.0 Å². The summed E-state index contributed by atoms with van der Waals surface area (Å²) in [5.41, 5.74) is 7.87. The second-order valence-corrected chi connectivity index (χ2v) is 5.14. The van der Waals surface area contributed by atoms with Gasteiger partial charge in [0.2, 0.25) is 5.91 Å². The summed E-state index contributed by atoms with van der Waals surface area (Å²) in [5, 5.41) is 2.98. The van der Waals surface area contributed by atoms with Gasteiger partial charge in [-0.3, -0.25) is 9.78 Å². The predicted molar refractivity (Wildman–Crippen MR) is 70.8 cm³/mol. The number of carbonyl (C=O) groups is 1. The summed E-state index contributed by atoms with van der Waals surface area (Å²) in [6.07, 6.45) is 5.57. The first-order chi connectivity index (χ1) is 8.65. The van der Waals surface area contributed by atoms with Crippen LogP contribution in [0, 0.1) is 12.8 Å². The Hall–Kier alpha value is -1.42. The molecule has 0 bridgehead atoms. The van der Waals surface area contributed by atoms with Crippen LogP contribution in [-0.4, -0.2) is 16.9 Å². The Morgan fingerprint density at radius 3 is 2.72 bits per heavy atom. The molecule has 0 saturated heterocycles. The number of aromatic nitrogens is 1. The lowest BCUT2D eigenvalue weighted by Gasteiger charge is -2.25. The molecule has 1 heterocycles. The number of aryl methyl sites for hydroxylation is 1. The van der Waals surface area contributed by atoms with Gasteiger partial charge in [-0.2, -0.15) is 0 Å². The third kappa shape index (κ3) is 3.53. The van der Waals surface area contributed by atoms with Gasteiger partial charge in [0.1, 0.15) is 0 Å². The second kappa shape index (κ2) is 5.96. The van der Waals surface area contributed by atoms with E-state index in [9.17, 15) is 4.79 Å². The second-order valence-electron chi connectivity index (χ2n) is 5.14. The van der Waals surface area contributed by atoms with Crippen molar-refractivity contribution in [2.45, 2.75) is 45.2 Å². The van der Waals surface area contributed by atoms with Gasteiger partial charge in [0.15, 0.2) is 0 Å². The zero-order valence-electron chi connectivity index (χ0n) is 10.9. The Morgan fingerprint density at radius 2 is 2.11 bits per heavy atom. The first kappa shape index (κ1) is 13.0. The van der Waals surface area contributed by atoms with Crippen molar-refractivity contribution in [3.8, 4) is 0 Å². The average Bonchev–Trinajstić information content (AvgIpc) is 2.38. The van der Waals surface area contributed by atoms with Crippen molar-refractivity contribution < 1.29 is 4.79 Å². The van der Waals surface area contributed by atoms with Crippen LogP contribution in [0.5, 0.6) is 0 Å². The monoisotopic (exact) mass is 247 g/mol. The molecule has 4 nitrogen and oxygen atoms in total. The molecule has 98 valence electrons. The zero-order valence-corrected chi connectivity index (χ0v) is 10.9. The maximum absolute atomic E-state index is 12.0. The number of hydrogen-bond donors (Lipinski definition) is 2. The van der Waals surface area contributed by atoms with Gasteiger partial charge in [0.25, 0.3) is 0 Å². The van der Waals surface area contributed by atoms with Crippen molar-refractivity contribution in [3.05, 3.63) is 29.6 Å². The van der Waals surface area contributed by atoms with Gasteiger partial charge < -0.3 is 11.1 Å². The third-order valence-corrected chi connectivity index (χ3v) is 3.58. The normalized spacial score (nSPS) is 23.7. The fourth-order valence-electron chi connectivity index (χ4n) is 2.32. The van der Waals surface area contributed by atoms with E-state index in [1.165, 1.54) is 0 Å². The van der Waals surface area contributed by atoms with Gasteiger partial charge in [0.05, 0.1) is 0 Å². The van der Waals surface area contributed by atoms with E-state index in [0.29, 0.717) is 6.54 Å². The molecule has 0 spiro atoms. The molecule has 1 aliphatic carbocycles. The summed E-state index contributed by atoms with van der Waals surface area (Å²) in [5.74, 6) is 0.297. The van der Waals surface area contributed by atoms with Crippen LogP contribution >= 0.6 is 0 Å². The predicted octanol–water partition coefficient (Wildman–Crippen LogP) is 1.52. The molecule has 2 rings (SSSR count). The van der Waals surface area contributed by atoms with E-state index in [0.717, 1.165) is 36.9 Å². The highest BCUT2D eigenvalue weighted by Crippen LogP contribution is 2.23. The molecular formula is C14H21N3O. The molecule has 0 unspecified atom stereocenters. The maximum Gasteiger partial charge on any atom is 0.223 e. The van der Waals surface area contributed by atoms with Crippen LogP contribution in [0.1, 0.15) is 36.9 Å². The van der Waals surface area contributed by atoms with Crippen molar-refractivity contribution >= 4 is 5.91 Å². The molecule has 1 amide bonds. The summed E-state index contributed by atoms with van der Waals surface area (Å²) in [6.45, 7) is 2.52. The van der Waals surface area contributed by atoms with Crippen molar-refractivity contribution in [1.29, 1.82) is 0 Å². The van der Waals surface area contributed by atoms with Crippen LogP contribution in [0.25, 0.3) is 0 Å². The van der Waals surface area contributed by atoms with Gasteiger partial charge in [0, 0.05) is 30.4 Å². The van der Waals surface area contributed by atoms with Gasteiger partial charge in [-0.25, -0.2) is 0 Å². The Bertz CT molecular complexity index is 394. The third-order valence-electron chi connectivity index (χ3n) is 3.58. The lowest BCUT2D eigenvalue weighted by molar-refractivity contribution is -0.126. The molecule has 1 aromatic heterocycles. The minimum absolute atomic E-state index is 0.142. The average molecular weight is 247 g/mol. The van der Waals surface area contributed by atoms with Gasteiger partial charge >= 0.3 is 0 Å². The largest absolute Gasteiger partial charge is 0.352 e. The lowest BCUT2D eigenvalue weighted by Crippen LogP contribution is -2.35. The minimum Gasteiger partial charge on any atom is -0.352 e. The van der Waals surface area contributed by atoms with Crippen molar-refractivity contribution in [1.82, 2.24) is 10.3 Å². The molecular weight excluding hydrogens is 226 g/mol. The van der Waals surface area contributed by atoms with E-state index in [1.54, 1.807) is 0 Å². The molecule has 3 N–H and O–H groups in total. The molecule has 1 aliphatic rings. The van der Waals surface area contributed by atoms with Gasteiger partial charge in [-0.1, -0.05) is 6.07 Å². The summed E-state index contributed by atoms with van der Waals surface area (Å²) in [6, 6.07) is 4.25. The molecule has 1 fully saturated rings. The van der Waals surface area contributed by atoms with Crippen molar-refractivity contribution in [3.63, 3.8) is 0 Å². The Balaban J connectivity index is 1.79. The summed E-state index contributed by atoms with van der Waals surface area (Å²) < 4.78 is 0. The van der Waals surface area contributed by atoms with E-state index in [1.807, 2.05) is 25.3 Å². The fraction of sp³-hybridized carbons (Fsp3) is 0.571. The minimum atomic E-state index is 0.142. The molecule has 0 radical (unpaired) electrons. The van der Waals surface area contributed by atoms with E-state index < -0.39 is 0 Å². The number of rotatable bonds is 3. The fourth-order valence-corrected chi connectivity index (χ4v) is 2.32. The zero-order chi connectivity index (χ0) is 13.0. The highest BCUT2D eigenvalue weighted by atomic mass is 16.1. The molecule has 1 aromatic rings. The number of nitrogens with two attached hydrogens (primary N) is 1. The quantitative estimate of drug-likeness (QED) is 0.851. The number of nitrogens with one attached hydrogen (secondary N) is 1. The van der Waals surface area contributed by atoms with Crippen molar-refractivity contribution in [2.24, 2.45) is 11.7 Å². The van der Waals surface area contributed by atoms with Crippen LogP contribution in [0.4, 0.5) is 0 Å². The standard InChI is InChI=1S/C14H21N3O/c1-10-2-3-11(8-16-10)9-17-14(18)12-4-6-13(15)7-5-12/h2-3,8,12-13H,4-7,9,15H2,1H3,(H,17,18). The number of carbonyl (C=O) groups excluding carboxylic acids is 1. The van der Waals surface area contributed by atoms with E-state index in [4.69, 9.17) is 5.73 Å². The van der Waals surface area contributed by atoms with Crippen LogP contribution in [0.2, 0.25) is 0 Å². The molecule has 0 atom stereocenters. The molecule has 0 aromatic carbocycles. The Kier molecular flexibility index (Phi) is 4.31. The molecule has 18 heavy (non-hydrogen) atoms. The van der Waals surface area contributed by atoms with E-state index >= 15 is 0 Å². The molecule has 4 heteroatoms. The summed E-state index contributed by atoms with van der Waals surface area (Å²) in [7, 11) is 0. The number of hydrogen-bond acceptors (Lipinski definition) is 3. The highest BCUT2D eigenvalue weighted by Gasteiger charge is 2.24. The highest BCUT2D eigenvalue weighted by molar-refractivity contribution is 5.78. The first-order valence-corrected chi connectivity index (χ1v) is 6.60. The van der Waals surface area contributed by atoms with E-state index in [-0.39, 0.29) is 17.9 Å². The Morgan fingerprint density at radius 1 is 1.39 bits per heavy atom. The number of nitrogens with zero attached hydrogens (tertiary/aromatic N) is 1. The smallest absolute Gasteiger partial charge is 0.223 e. The van der Waals surface area contributed by atoms with Crippen LogP contribution < -0.4 is 11.1 Å².